The fourth-order valence-corrected chi connectivity index (χ4v) is 5.55. The molecule has 0 bridgehead atoms. The highest BCUT2D eigenvalue weighted by atomic mass is 16.6. The minimum atomic E-state index is -0.971. The third kappa shape index (κ3) is 9.44. The normalized spacial score (nSPS) is 21.9. The molecule has 3 aliphatic rings. The third-order valence-electron chi connectivity index (χ3n) is 8.52. The van der Waals surface area contributed by atoms with Crippen LogP contribution in [0.4, 0.5) is 0 Å². The van der Waals surface area contributed by atoms with Gasteiger partial charge >= 0.3 is 0 Å². The number of nitrogens with zero attached hydrogens (tertiary/aromatic N) is 2. The van der Waals surface area contributed by atoms with Crippen molar-refractivity contribution in [3.63, 3.8) is 0 Å². The van der Waals surface area contributed by atoms with E-state index in [1.807, 2.05) is 44.2 Å². The van der Waals surface area contributed by atoms with Crippen molar-refractivity contribution in [2.24, 2.45) is 11.8 Å². The van der Waals surface area contributed by atoms with Crippen LogP contribution < -0.4 is 16.0 Å². The first kappa shape index (κ1) is 32.8. The maximum absolute atomic E-state index is 13.8. The Balaban J connectivity index is 1.27. The molecule has 0 spiro atoms. The van der Waals surface area contributed by atoms with E-state index in [0.717, 1.165) is 31.5 Å². The Hall–Kier alpha value is -3.61. The number of benzene rings is 1. The molecule has 2 aliphatic heterocycles. The molecule has 5 rings (SSSR count). The van der Waals surface area contributed by atoms with Crippen LogP contribution in [-0.4, -0.2) is 90.2 Å². The van der Waals surface area contributed by atoms with Gasteiger partial charge in [0.2, 0.25) is 11.8 Å². The summed E-state index contributed by atoms with van der Waals surface area (Å²) in [5.41, 5.74) is 0.0463. The zero-order chi connectivity index (χ0) is 32.0. The van der Waals surface area contributed by atoms with Crippen LogP contribution in [0.25, 0.3) is 0 Å². The number of nitrogens with one attached hydrogen (secondary N) is 3. The van der Waals surface area contributed by atoms with E-state index >= 15 is 0 Å². The predicted molar refractivity (Wildman–Crippen MR) is 164 cm³/mol. The van der Waals surface area contributed by atoms with Gasteiger partial charge in [0.05, 0.1) is 32.4 Å². The van der Waals surface area contributed by atoms with Gasteiger partial charge in [-0.15, -0.1) is 0 Å². The largest absolute Gasteiger partial charge is 0.379 e. The summed E-state index contributed by atoms with van der Waals surface area (Å²) in [5, 5.41) is 12.6. The molecule has 3 amide bonds. The molecule has 0 radical (unpaired) electrons. The lowest BCUT2D eigenvalue weighted by Crippen LogP contribution is -2.57. The van der Waals surface area contributed by atoms with Crippen molar-refractivity contribution < 1.29 is 33.2 Å². The SMILES string of the molecule is CC(C)CC(NC(=O)C(Cc1ccccc1)NC(=O)C(CC1CC1)NC(=O)c1cc(CN2CCOCC2)on1)C(=O)[C@@]1(C)CO1. The molecular formula is C33H45N5O7. The van der Waals surface area contributed by atoms with Crippen LogP contribution in [0.1, 0.15) is 68.3 Å². The van der Waals surface area contributed by atoms with Gasteiger partial charge in [-0.1, -0.05) is 62.2 Å². The molecule has 3 fully saturated rings. The van der Waals surface area contributed by atoms with E-state index < -0.39 is 41.4 Å². The van der Waals surface area contributed by atoms with Crippen molar-refractivity contribution in [3.8, 4) is 0 Å². The van der Waals surface area contributed by atoms with E-state index in [2.05, 4.69) is 26.0 Å². The number of hydrogen-bond donors (Lipinski definition) is 3. The summed E-state index contributed by atoms with van der Waals surface area (Å²) in [5.74, 6) is -0.604. The van der Waals surface area contributed by atoms with Crippen LogP contribution in [0.3, 0.4) is 0 Å². The van der Waals surface area contributed by atoms with Gasteiger partial charge in [-0.3, -0.25) is 24.1 Å². The lowest BCUT2D eigenvalue weighted by molar-refractivity contribution is -0.133. The van der Waals surface area contributed by atoms with Gasteiger partial charge in [-0.2, -0.15) is 0 Å². The molecule has 1 aromatic heterocycles. The zero-order valence-electron chi connectivity index (χ0n) is 26.4. The van der Waals surface area contributed by atoms with Crippen LogP contribution in [-0.2, 0) is 36.8 Å². The summed E-state index contributed by atoms with van der Waals surface area (Å²) in [6.45, 7) is 9.35. The second-order valence-electron chi connectivity index (χ2n) is 13.1. The molecular weight excluding hydrogens is 578 g/mol. The number of ether oxygens (including phenoxy) is 2. The van der Waals surface area contributed by atoms with Crippen LogP contribution >= 0.6 is 0 Å². The minimum Gasteiger partial charge on any atom is -0.379 e. The van der Waals surface area contributed by atoms with Crippen molar-refractivity contribution in [3.05, 3.63) is 53.4 Å². The minimum absolute atomic E-state index is 0.0938. The number of epoxide rings is 1. The molecule has 12 heteroatoms. The van der Waals surface area contributed by atoms with Crippen LogP contribution in [0, 0.1) is 11.8 Å². The Morgan fingerprint density at radius 2 is 1.64 bits per heavy atom. The Morgan fingerprint density at radius 1 is 0.978 bits per heavy atom. The molecule has 1 aromatic carbocycles. The molecule has 1 aliphatic carbocycles. The van der Waals surface area contributed by atoms with Crippen molar-refractivity contribution in [1.29, 1.82) is 0 Å². The van der Waals surface area contributed by atoms with Crippen molar-refractivity contribution in [2.75, 3.05) is 32.9 Å². The molecule has 244 valence electrons. The Bertz CT molecular complexity index is 1330. The summed E-state index contributed by atoms with van der Waals surface area (Å²) in [7, 11) is 0. The van der Waals surface area contributed by atoms with Gasteiger partial charge in [0.1, 0.15) is 17.7 Å². The van der Waals surface area contributed by atoms with Gasteiger partial charge < -0.3 is 29.9 Å². The molecule has 4 atom stereocenters. The summed E-state index contributed by atoms with van der Waals surface area (Å²) in [6, 6.07) is 8.37. The lowest BCUT2D eigenvalue weighted by atomic mass is 9.93. The number of hydrogen-bond acceptors (Lipinski definition) is 9. The summed E-state index contributed by atoms with van der Waals surface area (Å²) >= 11 is 0. The second kappa shape index (κ2) is 14.7. The number of rotatable bonds is 16. The fraction of sp³-hybridized carbons (Fsp3) is 0.606. The van der Waals surface area contributed by atoms with Crippen molar-refractivity contribution in [2.45, 2.75) is 83.1 Å². The maximum atomic E-state index is 13.8. The number of amides is 3. The standard InChI is InChI=1S/C33H45N5O7/c1-21(2)15-25(29(39)33(3)20-44-33)34-30(40)26(16-22-7-5-4-6-8-22)35-31(41)27(17-23-9-10-23)36-32(42)28-18-24(45-37-28)19-38-11-13-43-14-12-38/h4-8,18,21,23,25-27H,9-17,19-20H2,1-3H3,(H,34,40)(H,35,41)(H,36,42)/t25?,26?,27?,33-/m1/s1. The zero-order valence-corrected chi connectivity index (χ0v) is 26.4. The van der Waals surface area contributed by atoms with Crippen LogP contribution in [0.2, 0.25) is 0 Å². The van der Waals surface area contributed by atoms with E-state index in [1.165, 1.54) is 0 Å². The number of aromatic nitrogens is 1. The average Bonchev–Trinajstić information content (AvgIpc) is 3.95. The Morgan fingerprint density at radius 3 is 2.29 bits per heavy atom. The predicted octanol–water partition coefficient (Wildman–Crippen LogP) is 2.02. The van der Waals surface area contributed by atoms with Gasteiger partial charge in [-0.25, -0.2) is 0 Å². The number of carbonyl (C=O) groups is 4. The fourth-order valence-electron chi connectivity index (χ4n) is 5.55. The van der Waals surface area contributed by atoms with Gasteiger partial charge in [0.15, 0.2) is 17.2 Å². The molecule has 3 unspecified atom stereocenters. The quantitative estimate of drug-likeness (QED) is 0.238. The summed E-state index contributed by atoms with van der Waals surface area (Å²) in [4.78, 5) is 56.1. The van der Waals surface area contributed by atoms with Gasteiger partial charge in [0.25, 0.3) is 5.91 Å². The van der Waals surface area contributed by atoms with E-state index in [4.69, 9.17) is 14.0 Å². The summed E-state index contributed by atoms with van der Waals surface area (Å²) in [6.07, 6.45) is 3.05. The molecule has 12 nitrogen and oxygen atoms in total. The van der Waals surface area contributed by atoms with Crippen LogP contribution in [0.15, 0.2) is 40.9 Å². The molecule has 2 aromatic rings. The highest BCUT2D eigenvalue weighted by Crippen LogP contribution is 2.34. The number of ketones is 1. The Kier molecular flexibility index (Phi) is 10.7. The highest BCUT2D eigenvalue weighted by Gasteiger charge is 2.50. The van der Waals surface area contributed by atoms with E-state index in [-0.39, 0.29) is 23.8 Å². The van der Waals surface area contributed by atoms with E-state index in [9.17, 15) is 19.2 Å². The molecule has 45 heavy (non-hydrogen) atoms. The molecule has 1 saturated carbocycles. The van der Waals surface area contributed by atoms with Gasteiger partial charge in [0, 0.05) is 25.6 Å². The van der Waals surface area contributed by atoms with Crippen LogP contribution in [0.5, 0.6) is 0 Å². The van der Waals surface area contributed by atoms with Crippen molar-refractivity contribution in [1.82, 2.24) is 26.0 Å². The van der Waals surface area contributed by atoms with E-state index in [1.54, 1.807) is 13.0 Å². The Labute approximate surface area is 263 Å². The number of morpholine rings is 1. The monoisotopic (exact) mass is 623 g/mol. The first-order valence-electron chi connectivity index (χ1n) is 16.0. The third-order valence-corrected chi connectivity index (χ3v) is 8.52. The molecule has 3 heterocycles. The highest BCUT2D eigenvalue weighted by molar-refractivity contribution is 5.99. The molecule has 3 N–H and O–H groups in total. The summed E-state index contributed by atoms with van der Waals surface area (Å²) < 4.78 is 16.2. The van der Waals surface area contributed by atoms with E-state index in [0.29, 0.717) is 50.9 Å². The topological polar surface area (TPSA) is 155 Å². The smallest absolute Gasteiger partial charge is 0.274 e. The first-order valence-corrected chi connectivity index (χ1v) is 16.0. The first-order chi connectivity index (χ1) is 21.6. The molecule has 2 saturated heterocycles. The number of Topliss-reactive ketones (excluding diaryl/α,β-unsaturated/α-hetero) is 1. The van der Waals surface area contributed by atoms with Gasteiger partial charge in [-0.05, 0) is 37.2 Å². The van der Waals surface area contributed by atoms with Crippen molar-refractivity contribution >= 4 is 23.5 Å². The second-order valence-corrected chi connectivity index (χ2v) is 13.1. The average molecular weight is 624 g/mol. The lowest BCUT2D eigenvalue weighted by Gasteiger charge is -2.26. The maximum Gasteiger partial charge on any atom is 0.274 e. The number of carbonyl (C=O) groups excluding carboxylic acids is 4.